The van der Waals surface area contributed by atoms with E-state index in [-0.39, 0.29) is 12.0 Å². The van der Waals surface area contributed by atoms with Crippen molar-refractivity contribution in [3.63, 3.8) is 0 Å². The number of nitrogens with two attached hydrogens (primary N) is 1. The topological polar surface area (TPSA) is 111 Å². The number of benzene rings is 1. The molecule has 176 valence electrons. The zero-order valence-electron chi connectivity index (χ0n) is 19.6. The quantitative estimate of drug-likeness (QED) is 0.555. The zero-order valence-corrected chi connectivity index (χ0v) is 19.6. The molecular weight excluding hydrogens is 422 g/mol. The van der Waals surface area contributed by atoms with E-state index in [1.165, 1.54) is 6.33 Å². The maximum absolute atomic E-state index is 12.6. The lowest BCUT2D eigenvalue weighted by molar-refractivity contribution is 0.0238. The standard InChI is InChI=1S/C24H31N5O4/c1-15-13-18(32-22(30)16-5-7-17(25)8-6-16)20-19(15)21(27-14-26-20)28-9-11-29(12-10-28)23(31)33-24(2,3)4/h5-8,14-15,18H,9-13,25H2,1-4H3/t15-,18-/m1/s1. The molecule has 1 amide bonds. The molecule has 1 aromatic carbocycles. The number of amides is 1. The van der Waals surface area contributed by atoms with Crippen LogP contribution in [0.4, 0.5) is 16.3 Å². The number of aromatic nitrogens is 2. The number of nitrogen functional groups attached to an aromatic ring is 1. The third-order valence-electron chi connectivity index (χ3n) is 5.89. The van der Waals surface area contributed by atoms with Gasteiger partial charge in [0.1, 0.15) is 23.9 Å². The molecule has 2 heterocycles. The summed E-state index contributed by atoms with van der Waals surface area (Å²) in [6.45, 7) is 10.1. The van der Waals surface area contributed by atoms with Crippen LogP contribution in [0.3, 0.4) is 0 Å². The van der Waals surface area contributed by atoms with Crippen LogP contribution in [0, 0.1) is 0 Å². The van der Waals surface area contributed by atoms with E-state index in [0.717, 1.165) is 17.1 Å². The molecule has 1 saturated heterocycles. The number of carbonyl (C=O) groups is 2. The molecule has 9 nitrogen and oxygen atoms in total. The number of esters is 1. The normalized spacial score (nSPS) is 20.4. The number of nitrogens with zero attached hydrogens (tertiary/aromatic N) is 4. The molecule has 2 aliphatic rings. The molecule has 0 saturated carbocycles. The zero-order chi connectivity index (χ0) is 23.8. The Morgan fingerprint density at radius 3 is 2.36 bits per heavy atom. The van der Waals surface area contributed by atoms with Gasteiger partial charge in [0.2, 0.25) is 0 Å². The Balaban J connectivity index is 1.46. The minimum absolute atomic E-state index is 0.143. The maximum Gasteiger partial charge on any atom is 0.410 e. The summed E-state index contributed by atoms with van der Waals surface area (Å²) in [4.78, 5) is 38.0. The number of hydrogen-bond donors (Lipinski definition) is 1. The Labute approximate surface area is 193 Å². The second-order valence-electron chi connectivity index (χ2n) is 9.60. The van der Waals surface area contributed by atoms with E-state index in [9.17, 15) is 9.59 Å². The van der Waals surface area contributed by atoms with Crippen molar-refractivity contribution in [2.75, 3.05) is 36.8 Å². The Kier molecular flexibility index (Phi) is 6.14. The third-order valence-corrected chi connectivity index (χ3v) is 5.89. The average molecular weight is 454 g/mol. The van der Waals surface area contributed by atoms with Crippen molar-refractivity contribution in [2.45, 2.75) is 51.7 Å². The summed E-state index contributed by atoms with van der Waals surface area (Å²) in [7, 11) is 0. The second kappa shape index (κ2) is 8.88. The van der Waals surface area contributed by atoms with Gasteiger partial charge in [-0.3, -0.25) is 0 Å². The molecule has 0 spiro atoms. The molecule has 0 unspecified atom stereocenters. The molecule has 1 aliphatic carbocycles. The molecular formula is C24H31N5O4. The Bertz CT molecular complexity index is 1030. The largest absolute Gasteiger partial charge is 0.452 e. The second-order valence-corrected chi connectivity index (χ2v) is 9.60. The molecule has 0 bridgehead atoms. The number of anilines is 2. The molecule has 0 radical (unpaired) electrons. The average Bonchev–Trinajstić information content (AvgIpc) is 3.08. The molecule has 2 atom stereocenters. The van der Waals surface area contributed by atoms with Gasteiger partial charge >= 0.3 is 12.1 Å². The van der Waals surface area contributed by atoms with Crippen molar-refractivity contribution in [2.24, 2.45) is 0 Å². The van der Waals surface area contributed by atoms with Crippen LogP contribution in [0.1, 0.15) is 67.8 Å². The summed E-state index contributed by atoms with van der Waals surface area (Å²) < 4.78 is 11.3. The monoisotopic (exact) mass is 453 g/mol. The summed E-state index contributed by atoms with van der Waals surface area (Å²) in [5.41, 5.74) is 8.01. The van der Waals surface area contributed by atoms with Crippen molar-refractivity contribution in [3.8, 4) is 0 Å². The first-order valence-electron chi connectivity index (χ1n) is 11.3. The van der Waals surface area contributed by atoms with Crippen molar-refractivity contribution in [3.05, 3.63) is 47.4 Å². The van der Waals surface area contributed by atoms with Crippen LogP contribution < -0.4 is 10.6 Å². The van der Waals surface area contributed by atoms with Crippen LogP contribution in [0.15, 0.2) is 30.6 Å². The number of piperazine rings is 1. The van der Waals surface area contributed by atoms with E-state index >= 15 is 0 Å². The number of hydrogen-bond acceptors (Lipinski definition) is 8. The third kappa shape index (κ3) is 5.02. The Morgan fingerprint density at radius 1 is 1.06 bits per heavy atom. The van der Waals surface area contributed by atoms with E-state index in [2.05, 4.69) is 21.8 Å². The Morgan fingerprint density at radius 2 is 1.73 bits per heavy atom. The lowest BCUT2D eigenvalue weighted by Crippen LogP contribution is -2.50. The minimum atomic E-state index is -0.518. The lowest BCUT2D eigenvalue weighted by Gasteiger charge is -2.37. The molecule has 1 aliphatic heterocycles. The summed E-state index contributed by atoms with van der Waals surface area (Å²) in [5.74, 6) is 0.595. The van der Waals surface area contributed by atoms with Gasteiger partial charge in [-0.25, -0.2) is 19.6 Å². The van der Waals surface area contributed by atoms with Gasteiger partial charge in [0, 0.05) is 37.4 Å². The first kappa shape index (κ1) is 22.8. The smallest absolute Gasteiger partial charge is 0.410 e. The highest BCUT2D eigenvalue weighted by Gasteiger charge is 2.37. The van der Waals surface area contributed by atoms with Crippen LogP contribution in [-0.2, 0) is 9.47 Å². The van der Waals surface area contributed by atoms with E-state index in [1.54, 1.807) is 29.2 Å². The molecule has 33 heavy (non-hydrogen) atoms. The van der Waals surface area contributed by atoms with Crippen LogP contribution in [0.25, 0.3) is 0 Å². The molecule has 2 N–H and O–H groups in total. The van der Waals surface area contributed by atoms with Gasteiger partial charge in [0.05, 0.1) is 11.3 Å². The van der Waals surface area contributed by atoms with Gasteiger partial charge in [-0.15, -0.1) is 0 Å². The SMILES string of the molecule is C[C@@H]1C[C@@H](OC(=O)c2ccc(N)cc2)c2ncnc(N3CCN(C(=O)OC(C)(C)C)CC3)c21. The van der Waals surface area contributed by atoms with Crippen molar-refractivity contribution in [1.29, 1.82) is 0 Å². The molecule has 2 aromatic rings. The van der Waals surface area contributed by atoms with Crippen molar-refractivity contribution in [1.82, 2.24) is 14.9 Å². The summed E-state index contributed by atoms with van der Waals surface area (Å²) in [6.07, 6.45) is 1.46. The fraction of sp³-hybridized carbons (Fsp3) is 0.500. The van der Waals surface area contributed by atoms with Gasteiger partial charge in [0.15, 0.2) is 0 Å². The lowest BCUT2D eigenvalue weighted by atomic mass is 10.1. The van der Waals surface area contributed by atoms with Gasteiger partial charge in [-0.1, -0.05) is 6.92 Å². The number of ether oxygens (including phenoxy) is 2. The maximum atomic E-state index is 12.6. The van der Waals surface area contributed by atoms with Gasteiger partial charge in [-0.2, -0.15) is 0 Å². The highest BCUT2D eigenvalue weighted by molar-refractivity contribution is 5.90. The van der Waals surface area contributed by atoms with Crippen LogP contribution in [0.5, 0.6) is 0 Å². The van der Waals surface area contributed by atoms with Crippen LogP contribution in [-0.4, -0.2) is 58.7 Å². The van der Waals surface area contributed by atoms with Gasteiger partial charge < -0.3 is 25.0 Å². The molecule has 4 rings (SSSR count). The summed E-state index contributed by atoms with van der Waals surface area (Å²) in [6, 6.07) is 6.68. The number of fused-ring (bicyclic) bond motifs is 1. The fourth-order valence-corrected chi connectivity index (χ4v) is 4.28. The predicted octanol–water partition coefficient (Wildman–Crippen LogP) is 3.52. The number of carbonyl (C=O) groups excluding carboxylic acids is 2. The minimum Gasteiger partial charge on any atom is -0.452 e. The highest BCUT2D eigenvalue weighted by Crippen LogP contribution is 2.45. The fourth-order valence-electron chi connectivity index (χ4n) is 4.28. The van der Waals surface area contributed by atoms with Gasteiger partial charge in [0.25, 0.3) is 0 Å². The highest BCUT2D eigenvalue weighted by atomic mass is 16.6. The first-order chi connectivity index (χ1) is 15.6. The van der Waals surface area contributed by atoms with E-state index in [1.807, 2.05) is 20.8 Å². The van der Waals surface area contributed by atoms with E-state index in [4.69, 9.17) is 15.2 Å². The van der Waals surface area contributed by atoms with E-state index in [0.29, 0.717) is 43.9 Å². The summed E-state index contributed by atoms with van der Waals surface area (Å²) in [5, 5.41) is 0. The van der Waals surface area contributed by atoms with Crippen molar-refractivity contribution >= 4 is 23.6 Å². The Hall–Kier alpha value is -3.36. The molecule has 9 heteroatoms. The number of rotatable bonds is 3. The van der Waals surface area contributed by atoms with Crippen LogP contribution >= 0.6 is 0 Å². The molecule has 1 fully saturated rings. The van der Waals surface area contributed by atoms with Gasteiger partial charge in [-0.05, 0) is 57.4 Å². The van der Waals surface area contributed by atoms with E-state index < -0.39 is 17.7 Å². The first-order valence-corrected chi connectivity index (χ1v) is 11.3. The van der Waals surface area contributed by atoms with Crippen molar-refractivity contribution < 1.29 is 19.1 Å². The summed E-state index contributed by atoms with van der Waals surface area (Å²) >= 11 is 0. The van der Waals surface area contributed by atoms with Crippen LogP contribution in [0.2, 0.25) is 0 Å². The predicted molar refractivity (Wildman–Crippen MR) is 124 cm³/mol. The molecule has 1 aromatic heterocycles.